The predicted octanol–water partition coefficient (Wildman–Crippen LogP) is 9.34. The Hall–Kier alpha value is -1.43. The lowest BCUT2D eigenvalue weighted by molar-refractivity contribution is -0.0224. The van der Waals surface area contributed by atoms with Gasteiger partial charge in [-0.2, -0.15) is 0 Å². The summed E-state index contributed by atoms with van der Waals surface area (Å²) in [6.45, 7) is 9.72. The Morgan fingerprint density at radius 3 is 2.53 bits per heavy atom. The smallest absolute Gasteiger partial charge is 0.188 e. The molecule has 1 aromatic heterocycles. The van der Waals surface area contributed by atoms with Gasteiger partial charge in [-0.25, -0.2) is 4.39 Å². The molecule has 34 heavy (non-hydrogen) atoms. The highest BCUT2D eigenvalue weighted by Crippen LogP contribution is 2.62. The van der Waals surface area contributed by atoms with E-state index in [2.05, 4.69) is 55.8 Å². The third-order valence-electron chi connectivity index (χ3n) is 7.89. The van der Waals surface area contributed by atoms with Crippen LogP contribution in [0.15, 0.2) is 40.9 Å². The fourth-order valence-corrected chi connectivity index (χ4v) is 9.70. The van der Waals surface area contributed by atoms with Crippen LogP contribution in [0.2, 0.25) is 0 Å². The quantitative estimate of drug-likeness (QED) is 0.298. The molecule has 0 amide bonds. The molecule has 5 rings (SSSR count). The van der Waals surface area contributed by atoms with Gasteiger partial charge in [0.05, 0.1) is 4.88 Å². The lowest BCUT2D eigenvalue weighted by Gasteiger charge is -2.56. The highest BCUT2D eigenvalue weighted by atomic mass is 79.9. The first-order valence-electron chi connectivity index (χ1n) is 12.2. The number of fused-ring (bicyclic) bond motifs is 3. The van der Waals surface area contributed by atoms with Crippen molar-refractivity contribution in [3.05, 3.63) is 52.3 Å². The van der Waals surface area contributed by atoms with Crippen molar-refractivity contribution in [1.82, 2.24) is 0 Å². The van der Waals surface area contributed by atoms with Crippen molar-refractivity contribution in [2.24, 2.45) is 16.7 Å². The zero-order chi connectivity index (χ0) is 24.3. The van der Waals surface area contributed by atoms with Gasteiger partial charge in [-0.1, -0.05) is 45.9 Å². The molecule has 0 spiro atoms. The number of rotatable bonds is 5. The first-order valence-corrected chi connectivity index (χ1v) is 13.8. The van der Waals surface area contributed by atoms with Crippen molar-refractivity contribution < 1.29 is 13.9 Å². The van der Waals surface area contributed by atoms with Crippen LogP contribution < -0.4 is 4.74 Å². The lowest BCUT2D eigenvalue weighted by Crippen LogP contribution is -2.47. The van der Waals surface area contributed by atoms with Gasteiger partial charge in [-0.15, -0.1) is 11.3 Å². The monoisotopic (exact) mass is 544 g/mol. The second kappa shape index (κ2) is 8.60. The van der Waals surface area contributed by atoms with E-state index in [1.165, 1.54) is 24.0 Å². The predicted molar refractivity (Wildman–Crippen MR) is 143 cm³/mol. The summed E-state index contributed by atoms with van der Waals surface area (Å²) < 4.78 is 29.1. The van der Waals surface area contributed by atoms with Gasteiger partial charge < -0.3 is 9.47 Å². The maximum Gasteiger partial charge on any atom is 0.188 e. The molecule has 5 heteroatoms. The molecular weight excluding hydrogens is 511 g/mol. The van der Waals surface area contributed by atoms with Crippen LogP contribution in [-0.4, -0.2) is 13.9 Å². The summed E-state index contributed by atoms with van der Waals surface area (Å²) in [5.41, 5.74) is 2.26. The fraction of sp³-hybridized carbons (Fsp3) is 0.517. The van der Waals surface area contributed by atoms with Gasteiger partial charge in [0, 0.05) is 32.8 Å². The molecule has 3 aromatic rings. The first-order chi connectivity index (χ1) is 16.0. The van der Waals surface area contributed by atoms with Gasteiger partial charge in [0.2, 0.25) is 0 Å². The summed E-state index contributed by atoms with van der Waals surface area (Å²) in [5.74, 6) is 1.20. The van der Waals surface area contributed by atoms with Gasteiger partial charge in [-0.05, 0) is 88.4 Å². The number of thiophene rings is 1. The molecule has 2 fully saturated rings. The van der Waals surface area contributed by atoms with Crippen LogP contribution in [0, 0.1) is 22.6 Å². The Labute approximate surface area is 215 Å². The van der Waals surface area contributed by atoms with Gasteiger partial charge in [-0.3, -0.25) is 0 Å². The average Bonchev–Trinajstić information content (AvgIpc) is 3.06. The minimum Gasteiger partial charge on any atom is -0.467 e. The number of halogens is 2. The van der Waals surface area contributed by atoms with Crippen LogP contribution >= 0.6 is 27.3 Å². The largest absolute Gasteiger partial charge is 0.467 e. The van der Waals surface area contributed by atoms with Gasteiger partial charge in [0.25, 0.3) is 0 Å². The highest BCUT2D eigenvalue weighted by Gasteiger charge is 2.51. The molecule has 2 saturated carbocycles. The van der Waals surface area contributed by atoms with E-state index >= 15 is 4.39 Å². The van der Waals surface area contributed by atoms with E-state index in [0.717, 1.165) is 44.5 Å². The maximum atomic E-state index is 15.3. The van der Waals surface area contributed by atoms with Crippen molar-refractivity contribution in [2.45, 2.75) is 65.2 Å². The number of ether oxygens (including phenoxy) is 2. The number of hydrogen-bond acceptors (Lipinski definition) is 3. The second-order valence-electron chi connectivity index (χ2n) is 12.0. The molecule has 0 aliphatic heterocycles. The zero-order valence-electron chi connectivity index (χ0n) is 20.8. The van der Waals surface area contributed by atoms with Crippen LogP contribution in [0.25, 0.3) is 20.5 Å². The Balaban J connectivity index is 1.67. The Morgan fingerprint density at radius 2 is 1.82 bits per heavy atom. The Morgan fingerprint density at radius 1 is 1.06 bits per heavy atom. The lowest BCUT2D eigenvalue weighted by atomic mass is 9.49. The molecular formula is C29H34BrFO2S. The summed E-state index contributed by atoms with van der Waals surface area (Å²) in [6, 6.07) is 11.6. The molecule has 3 atom stereocenters. The molecule has 2 aromatic carbocycles. The van der Waals surface area contributed by atoms with Crippen molar-refractivity contribution in [2.75, 3.05) is 13.9 Å². The van der Waals surface area contributed by atoms with Crippen molar-refractivity contribution >= 4 is 37.4 Å². The van der Waals surface area contributed by atoms with Gasteiger partial charge in [0.15, 0.2) is 6.79 Å². The van der Waals surface area contributed by atoms with E-state index in [4.69, 9.17) is 9.47 Å². The summed E-state index contributed by atoms with van der Waals surface area (Å²) in [4.78, 5) is 1.00. The Kier molecular flexibility index (Phi) is 6.14. The van der Waals surface area contributed by atoms with Crippen LogP contribution in [0.3, 0.4) is 0 Å². The molecule has 0 radical (unpaired) electrons. The minimum atomic E-state index is -0.207. The van der Waals surface area contributed by atoms with Gasteiger partial charge >= 0.3 is 0 Å². The molecule has 0 N–H and O–H groups in total. The van der Waals surface area contributed by atoms with Crippen LogP contribution in [0.5, 0.6) is 5.75 Å². The summed E-state index contributed by atoms with van der Waals surface area (Å²) >= 11 is 5.48. The normalized spacial score (nSPS) is 28.3. The summed E-state index contributed by atoms with van der Waals surface area (Å²) in [7, 11) is 1.63. The summed E-state index contributed by atoms with van der Waals surface area (Å²) in [6.07, 6.45) is 5.82. The first kappa shape index (κ1) is 24.3. The number of methoxy groups -OCH3 is 1. The third kappa shape index (κ3) is 4.33. The standard InChI is InChI=1S/C29H34BrFO2S/c1-27(2)12-18-13-28(3,15-27)16-29(4,14-18)22-11-19(31)10-21(25(22)33-17-32-5)26-24(30)20-8-6-7-9-23(20)34-26/h6-11,18H,12-17H2,1-5H3. The molecule has 2 aliphatic carbocycles. The molecule has 182 valence electrons. The third-order valence-corrected chi connectivity index (χ3v) is 10.2. The van der Waals surface area contributed by atoms with Crippen LogP contribution in [-0.2, 0) is 10.2 Å². The molecule has 3 unspecified atom stereocenters. The maximum absolute atomic E-state index is 15.3. The molecule has 2 aliphatic rings. The van der Waals surface area contributed by atoms with Crippen LogP contribution in [0.1, 0.15) is 65.4 Å². The minimum absolute atomic E-state index is 0.137. The van der Waals surface area contributed by atoms with E-state index in [-0.39, 0.29) is 23.4 Å². The molecule has 1 heterocycles. The van der Waals surface area contributed by atoms with Crippen molar-refractivity contribution in [1.29, 1.82) is 0 Å². The van der Waals surface area contributed by atoms with E-state index in [0.29, 0.717) is 11.3 Å². The van der Waals surface area contributed by atoms with E-state index < -0.39 is 0 Å². The SMILES string of the molecule is COCOc1c(-c2sc3ccccc3c2Br)cc(F)cc1C1(C)CC2CC(C)(C)CC(C)(C2)C1. The second-order valence-corrected chi connectivity index (χ2v) is 13.8. The van der Waals surface area contributed by atoms with Crippen molar-refractivity contribution in [3.63, 3.8) is 0 Å². The Bertz CT molecular complexity index is 1230. The van der Waals surface area contributed by atoms with E-state index in [1.54, 1.807) is 30.6 Å². The van der Waals surface area contributed by atoms with E-state index in [1.807, 2.05) is 12.1 Å². The average molecular weight is 546 g/mol. The fourth-order valence-electron chi connectivity index (χ4n) is 7.66. The number of benzene rings is 2. The van der Waals surface area contributed by atoms with E-state index in [9.17, 15) is 0 Å². The van der Waals surface area contributed by atoms with Gasteiger partial charge in [0.1, 0.15) is 11.6 Å². The van der Waals surface area contributed by atoms with Crippen LogP contribution in [0.4, 0.5) is 4.39 Å². The topological polar surface area (TPSA) is 18.5 Å². The molecule has 2 nitrogen and oxygen atoms in total. The van der Waals surface area contributed by atoms with Crippen molar-refractivity contribution in [3.8, 4) is 16.2 Å². The number of hydrogen-bond donors (Lipinski definition) is 0. The highest BCUT2D eigenvalue weighted by molar-refractivity contribution is 9.10. The summed E-state index contributed by atoms with van der Waals surface area (Å²) in [5, 5.41) is 1.14. The molecule has 0 saturated heterocycles. The molecule has 2 bridgehead atoms. The zero-order valence-corrected chi connectivity index (χ0v) is 23.2.